The summed E-state index contributed by atoms with van der Waals surface area (Å²) < 4.78 is 0. The van der Waals surface area contributed by atoms with Crippen molar-refractivity contribution in [2.75, 3.05) is 11.4 Å². The lowest BCUT2D eigenvalue weighted by molar-refractivity contribution is 0.452. The fourth-order valence-corrected chi connectivity index (χ4v) is 4.09. The van der Waals surface area contributed by atoms with Gasteiger partial charge in [0.25, 0.3) is 0 Å². The van der Waals surface area contributed by atoms with Gasteiger partial charge in [-0.05, 0) is 41.9 Å². The van der Waals surface area contributed by atoms with Crippen LogP contribution in [0.5, 0.6) is 0 Å². The molecule has 0 aromatic heterocycles. The fraction of sp³-hybridized carbons (Fsp3) is 0.368. The highest BCUT2D eigenvalue weighted by molar-refractivity contribution is 5.58. The van der Waals surface area contributed by atoms with E-state index in [1.54, 1.807) is 5.56 Å². The van der Waals surface area contributed by atoms with E-state index in [1.165, 1.54) is 37.1 Å². The number of para-hydroxylation sites is 1. The highest BCUT2D eigenvalue weighted by atomic mass is 15.1. The van der Waals surface area contributed by atoms with Crippen molar-refractivity contribution in [1.82, 2.24) is 0 Å². The standard InChI is InChI=1S/C19H21N/c1-2-7-15(8-3-1)13-20-14-16-9-6-11-17(16)18-10-4-5-12-19(18)20/h1-5,7-8,10,12,16-17H,6,9,11,13-14H2/t16-,17-/m0/s1. The van der Waals surface area contributed by atoms with Crippen molar-refractivity contribution in [2.24, 2.45) is 5.92 Å². The maximum atomic E-state index is 2.59. The Kier molecular flexibility index (Phi) is 2.99. The molecule has 2 atom stereocenters. The van der Waals surface area contributed by atoms with E-state index in [4.69, 9.17) is 0 Å². The second-order valence-electron chi connectivity index (χ2n) is 6.22. The van der Waals surface area contributed by atoms with Gasteiger partial charge in [0.1, 0.15) is 0 Å². The molecule has 1 heterocycles. The minimum atomic E-state index is 0.818. The van der Waals surface area contributed by atoms with E-state index in [0.717, 1.165) is 18.4 Å². The van der Waals surface area contributed by atoms with Crippen molar-refractivity contribution in [3.8, 4) is 0 Å². The maximum absolute atomic E-state index is 2.59. The number of benzene rings is 2. The van der Waals surface area contributed by atoms with E-state index in [0.29, 0.717) is 0 Å². The Morgan fingerprint density at radius 3 is 2.60 bits per heavy atom. The number of rotatable bonds is 2. The van der Waals surface area contributed by atoms with Crippen LogP contribution in [0.15, 0.2) is 54.6 Å². The second kappa shape index (κ2) is 4.97. The van der Waals surface area contributed by atoms with Gasteiger partial charge in [-0.15, -0.1) is 0 Å². The van der Waals surface area contributed by atoms with Gasteiger partial charge in [-0.3, -0.25) is 0 Å². The minimum Gasteiger partial charge on any atom is -0.367 e. The number of anilines is 1. The minimum absolute atomic E-state index is 0.818. The van der Waals surface area contributed by atoms with Crippen molar-refractivity contribution in [1.29, 1.82) is 0 Å². The van der Waals surface area contributed by atoms with Gasteiger partial charge in [-0.2, -0.15) is 0 Å². The molecule has 1 fully saturated rings. The summed E-state index contributed by atoms with van der Waals surface area (Å²) in [6, 6.07) is 19.9. The van der Waals surface area contributed by atoms with Crippen LogP contribution < -0.4 is 4.90 Å². The Labute approximate surface area is 121 Å². The molecule has 0 N–H and O–H groups in total. The Bertz CT molecular complexity index is 590. The summed E-state index contributed by atoms with van der Waals surface area (Å²) in [5.41, 5.74) is 4.48. The molecule has 0 amide bonds. The average molecular weight is 263 g/mol. The molecule has 102 valence electrons. The van der Waals surface area contributed by atoms with Gasteiger partial charge in [0, 0.05) is 18.8 Å². The lowest BCUT2D eigenvalue weighted by atomic mass is 9.83. The van der Waals surface area contributed by atoms with Gasteiger partial charge in [-0.1, -0.05) is 55.0 Å². The molecule has 2 aliphatic rings. The number of hydrogen-bond acceptors (Lipinski definition) is 1. The van der Waals surface area contributed by atoms with Crippen LogP contribution in [0, 0.1) is 5.92 Å². The summed E-state index contributed by atoms with van der Waals surface area (Å²) in [6.45, 7) is 2.28. The monoisotopic (exact) mass is 263 g/mol. The normalized spacial score (nSPS) is 24.3. The topological polar surface area (TPSA) is 3.24 Å². The highest BCUT2D eigenvalue weighted by Gasteiger charge is 2.36. The van der Waals surface area contributed by atoms with E-state index >= 15 is 0 Å². The summed E-state index contributed by atoms with van der Waals surface area (Å²) in [7, 11) is 0. The predicted molar refractivity (Wildman–Crippen MR) is 84.0 cm³/mol. The summed E-state index contributed by atoms with van der Waals surface area (Å²) in [4.78, 5) is 2.59. The average Bonchev–Trinajstić information content (AvgIpc) is 2.97. The molecule has 20 heavy (non-hydrogen) atoms. The van der Waals surface area contributed by atoms with Crippen LogP contribution in [-0.2, 0) is 6.54 Å². The van der Waals surface area contributed by atoms with Gasteiger partial charge in [0.2, 0.25) is 0 Å². The Morgan fingerprint density at radius 2 is 1.70 bits per heavy atom. The molecule has 2 aromatic carbocycles. The van der Waals surface area contributed by atoms with Crippen LogP contribution in [0.4, 0.5) is 5.69 Å². The van der Waals surface area contributed by atoms with Crippen LogP contribution in [0.2, 0.25) is 0 Å². The smallest absolute Gasteiger partial charge is 0.0429 e. The number of fused-ring (bicyclic) bond motifs is 3. The fourth-order valence-electron chi connectivity index (χ4n) is 4.09. The molecule has 1 heteroatoms. The second-order valence-corrected chi connectivity index (χ2v) is 6.22. The summed E-state index contributed by atoms with van der Waals surface area (Å²) >= 11 is 0. The van der Waals surface area contributed by atoms with Gasteiger partial charge in [0.15, 0.2) is 0 Å². The molecular weight excluding hydrogens is 242 g/mol. The lowest BCUT2D eigenvalue weighted by Crippen LogP contribution is -2.35. The molecule has 1 saturated carbocycles. The molecule has 0 saturated heterocycles. The first-order chi connectivity index (χ1) is 9.92. The van der Waals surface area contributed by atoms with E-state index in [2.05, 4.69) is 59.5 Å². The predicted octanol–water partition coefficient (Wildman–Crippen LogP) is 4.59. The summed E-state index contributed by atoms with van der Waals surface area (Å²) in [5, 5.41) is 0. The molecule has 0 unspecified atom stereocenters. The zero-order valence-corrected chi connectivity index (χ0v) is 11.8. The van der Waals surface area contributed by atoms with Crippen LogP contribution in [0.25, 0.3) is 0 Å². The molecule has 4 rings (SSSR count). The maximum Gasteiger partial charge on any atom is 0.0429 e. The zero-order valence-electron chi connectivity index (χ0n) is 11.8. The van der Waals surface area contributed by atoms with Crippen molar-refractivity contribution in [3.05, 3.63) is 65.7 Å². The lowest BCUT2D eigenvalue weighted by Gasteiger charge is -2.38. The van der Waals surface area contributed by atoms with Gasteiger partial charge in [0.05, 0.1) is 0 Å². The quantitative estimate of drug-likeness (QED) is 0.766. The van der Waals surface area contributed by atoms with Crippen LogP contribution in [-0.4, -0.2) is 6.54 Å². The van der Waals surface area contributed by atoms with E-state index in [9.17, 15) is 0 Å². The van der Waals surface area contributed by atoms with Crippen LogP contribution in [0.3, 0.4) is 0 Å². The Morgan fingerprint density at radius 1 is 0.900 bits per heavy atom. The van der Waals surface area contributed by atoms with Crippen molar-refractivity contribution >= 4 is 5.69 Å². The molecule has 1 aliphatic carbocycles. The van der Waals surface area contributed by atoms with Gasteiger partial charge >= 0.3 is 0 Å². The SMILES string of the molecule is c1ccc(CN2C[C@@H]3CCC[C@@H]3c3ccccc32)cc1. The molecule has 1 aliphatic heterocycles. The zero-order chi connectivity index (χ0) is 13.4. The summed E-state index contributed by atoms with van der Waals surface area (Å²) in [5.74, 6) is 1.69. The largest absolute Gasteiger partial charge is 0.367 e. The van der Waals surface area contributed by atoms with Crippen LogP contribution >= 0.6 is 0 Å². The van der Waals surface area contributed by atoms with E-state index < -0.39 is 0 Å². The van der Waals surface area contributed by atoms with Crippen molar-refractivity contribution in [3.63, 3.8) is 0 Å². The molecule has 1 nitrogen and oxygen atoms in total. The number of nitrogens with zero attached hydrogens (tertiary/aromatic N) is 1. The van der Waals surface area contributed by atoms with Crippen molar-refractivity contribution in [2.45, 2.75) is 31.7 Å². The highest BCUT2D eigenvalue weighted by Crippen LogP contribution is 2.47. The molecule has 0 bridgehead atoms. The Balaban J connectivity index is 1.68. The molecular formula is C19H21N. The third-order valence-electron chi connectivity index (χ3n) is 5.01. The first-order valence-electron chi connectivity index (χ1n) is 7.79. The third kappa shape index (κ3) is 2.02. The number of hydrogen-bond donors (Lipinski definition) is 0. The van der Waals surface area contributed by atoms with Gasteiger partial charge in [-0.25, -0.2) is 0 Å². The summed E-state index contributed by atoms with van der Waals surface area (Å²) in [6.07, 6.45) is 4.20. The molecule has 0 spiro atoms. The van der Waals surface area contributed by atoms with E-state index in [-0.39, 0.29) is 0 Å². The Hall–Kier alpha value is -1.76. The van der Waals surface area contributed by atoms with Crippen molar-refractivity contribution < 1.29 is 0 Å². The molecule has 2 aromatic rings. The first-order valence-corrected chi connectivity index (χ1v) is 7.79. The van der Waals surface area contributed by atoms with Gasteiger partial charge < -0.3 is 4.90 Å². The molecule has 0 radical (unpaired) electrons. The third-order valence-corrected chi connectivity index (χ3v) is 5.01. The van der Waals surface area contributed by atoms with E-state index in [1.807, 2.05) is 0 Å². The van der Waals surface area contributed by atoms with Crippen LogP contribution in [0.1, 0.15) is 36.3 Å². The first kappa shape index (κ1) is 12.0.